The van der Waals surface area contributed by atoms with E-state index < -0.39 is 0 Å². The zero-order valence-electron chi connectivity index (χ0n) is 8.41. The van der Waals surface area contributed by atoms with Crippen molar-refractivity contribution in [2.24, 2.45) is 0 Å². The third-order valence-electron chi connectivity index (χ3n) is 2.09. The van der Waals surface area contributed by atoms with Crippen molar-refractivity contribution in [2.75, 3.05) is 20.8 Å². The molecule has 0 amide bonds. The molecule has 0 saturated carbocycles. The molecule has 0 saturated heterocycles. The van der Waals surface area contributed by atoms with Gasteiger partial charge in [0.25, 0.3) is 0 Å². The van der Waals surface area contributed by atoms with Gasteiger partial charge in [0.15, 0.2) is 0 Å². The third kappa shape index (κ3) is 2.46. The predicted octanol–water partition coefficient (Wildman–Crippen LogP) is 2.45. The van der Waals surface area contributed by atoms with Crippen LogP contribution in [0.1, 0.15) is 18.4 Å². The zero-order valence-corrected chi connectivity index (χ0v) is 8.41. The molecule has 0 spiro atoms. The summed E-state index contributed by atoms with van der Waals surface area (Å²) in [5.74, 6) is 1.31. The normalized spacial score (nSPS) is 12.5. The van der Waals surface area contributed by atoms with Crippen LogP contribution in [-0.4, -0.2) is 20.8 Å². The van der Waals surface area contributed by atoms with Gasteiger partial charge in [-0.2, -0.15) is 0 Å². The highest BCUT2D eigenvalue weighted by molar-refractivity contribution is 5.35. The van der Waals surface area contributed by atoms with Crippen molar-refractivity contribution in [1.29, 1.82) is 0 Å². The van der Waals surface area contributed by atoms with Crippen LogP contribution in [0, 0.1) is 0 Å². The molecule has 0 aliphatic rings. The minimum Gasteiger partial charge on any atom is -0.496 e. The maximum absolute atomic E-state index is 5.26. The maximum atomic E-state index is 5.26. The molecule has 0 unspecified atom stereocenters. The molecule has 0 N–H and O–H groups in total. The van der Waals surface area contributed by atoms with Crippen LogP contribution in [0.2, 0.25) is 0 Å². The summed E-state index contributed by atoms with van der Waals surface area (Å²) in [6.45, 7) is 2.85. The summed E-state index contributed by atoms with van der Waals surface area (Å²) in [7, 11) is 3.41. The zero-order chi connectivity index (χ0) is 9.68. The first kappa shape index (κ1) is 10.1. The van der Waals surface area contributed by atoms with Gasteiger partial charge in [-0.05, 0) is 11.6 Å². The van der Waals surface area contributed by atoms with Crippen molar-refractivity contribution in [3.8, 4) is 5.75 Å². The van der Waals surface area contributed by atoms with Gasteiger partial charge in [0.2, 0.25) is 0 Å². The molecule has 0 aliphatic carbocycles. The van der Waals surface area contributed by atoms with E-state index in [1.807, 2.05) is 18.2 Å². The first-order valence-electron chi connectivity index (χ1n) is 4.41. The van der Waals surface area contributed by atoms with Gasteiger partial charge in [0.05, 0.1) is 13.7 Å². The molecule has 1 rings (SSSR count). The number of rotatable bonds is 4. The van der Waals surface area contributed by atoms with E-state index in [9.17, 15) is 0 Å². The predicted molar refractivity (Wildman–Crippen MR) is 53.3 cm³/mol. The Labute approximate surface area is 79.5 Å². The molecular weight excluding hydrogens is 164 g/mol. The Morgan fingerprint density at radius 2 is 1.92 bits per heavy atom. The lowest BCUT2D eigenvalue weighted by Crippen LogP contribution is -2.03. The van der Waals surface area contributed by atoms with Gasteiger partial charge >= 0.3 is 0 Å². The summed E-state index contributed by atoms with van der Waals surface area (Å²) in [4.78, 5) is 0. The minimum absolute atomic E-state index is 0.376. The van der Waals surface area contributed by atoms with E-state index in [1.165, 1.54) is 5.56 Å². The van der Waals surface area contributed by atoms with Gasteiger partial charge in [0, 0.05) is 13.0 Å². The molecule has 0 fully saturated rings. The molecule has 2 heteroatoms. The van der Waals surface area contributed by atoms with E-state index >= 15 is 0 Å². The molecule has 1 aromatic rings. The summed E-state index contributed by atoms with van der Waals surface area (Å²) in [5.41, 5.74) is 1.20. The Morgan fingerprint density at radius 1 is 1.23 bits per heavy atom. The fourth-order valence-corrected chi connectivity index (χ4v) is 1.41. The highest BCUT2D eigenvalue weighted by Gasteiger charge is 2.09. The van der Waals surface area contributed by atoms with Crippen molar-refractivity contribution in [1.82, 2.24) is 0 Å². The largest absolute Gasteiger partial charge is 0.496 e. The van der Waals surface area contributed by atoms with Crippen LogP contribution in [0.15, 0.2) is 24.3 Å². The van der Waals surface area contributed by atoms with Crippen LogP contribution in [0.5, 0.6) is 5.75 Å². The number of hydrogen-bond acceptors (Lipinski definition) is 2. The first-order chi connectivity index (χ1) is 6.29. The van der Waals surface area contributed by atoms with Crippen LogP contribution in [-0.2, 0) is 4.74 Å². The summed E-state index contributed by atoms with van der Waals surface area (Å²) in [6, 6.07) is 8.04. The van der Waals surface area contributed by atoms with E-state index in [-0.39, 0.29) is 0 Å². The lowest BCUT2D eigenvalue weighted by Gasteiger charge is -2.14. The number of ether oxygens (including phenoxy) is 2. The summed E-state index contributed by atoms with van der Waals surface area (Å²) >= 11 is 0. The number of hydrogen-bond donors (Lipinski definition) is 0. The van der Waals surface area contributed by atoms with Crippen LogP contribution in [0.25, 0.3) is 0 Å². The Kier molecular flexibility index (Phi) is 3.77. The lowest BCUT2D eigenvalue weighted by molar-refractivity contribution is 0.183. The smallest absolute Gasteiger partial charge is 0.122 e. The maximum Gasteiger partial charge on any atom is 0.122 e. The molecule has 0 aliphatic heterocycles. The molecule has 2 nitrogen and oxygen atoms in total. The standard InChI is InChI=1S/C11H16O2/c1-9(8-12-2)10-6-4-5-7-11(10)13-3/h4-7,9H,8H2,1-3H3/t9-/m0/s1. The van der Waals surface area contributed by atoms with Crippen LogP contribution in [0.4, 0.5) is 0 Å². The fourth-order valence-electron chi connectivity index (χ4n) is 1.41. The SMILES string of the molecule is COC[C@H](C)c1ccccc1OC. The van der Waals surface area contributed by atoms with Crippen LogP contribution < -0.4 is 4.74 Å². The fraction of sp³-hybridized carbons (Fsp3) is 0.455. The second kappa shape index (κ2) is 4.87. The topological polar surface area (TPSA) is 18.5 Å². The Hall–Kier alpha value is -1.02. The molecule has 72 valence electrons. The quantitative estimate of drug-likeness (QED) is 0.708. The molecular formula is C11H16O2. The van der Waals surface area contributed by atoms with Gasteiger partial charge in [0.1, 0.15) is 5.75 Å². The van der Waals surface area contributed by atoms with Gasteiger partial charge in [-0.25, -0.2) is 0 Å². The first-order valence-corrected chi connectivity index (χ1v) is 4.41. The van der Waals surface area contributed by atoms with Crippen molar-refractivity contribution in [2.45, 2.75) is 12.8 Å². The van der Waals surface area contributed by atoms with Crippen molar-refractivity contribution in [3.05, 3.63) is 29.8 Å². The summed E-state index contributed by atoms with van der Waals surface area (Å²) in [6.07, 6.45) is 0. The summed E-state index contributed by atoms with van der Waals surface area (Å²) in [5, 5.41) is 0. The van der Waals surface area contributed by atoms with Crippen LogP contribution in [0.3, 0.4) is 0 Å². The lowest BCUT2D eigenvalue weighted by atomic mass is 10.0. The Bertz CT molecular complexity index is 258. The van der Waals surface area contributed by atoms with E-state index in [4.69, 9.17) is 9.47 Å². The molecule has 0 bridgehead atoms. The van der Waals surface area contributed by atoms with Gasteiger partial charge in [-0.15, -0.1) is 0 Å². The summed E-state index contributed by atoms with van der Waals surface area (Å²) < 4.78 is 10.4. The molecule has 1 atom stereocenters. The molecule has 13 heavy (non-hydrogen) atoms. The highest BCUT2D eigenvalue weighted by Crippen LogP contribution is 2.25. The monoisotopic (exact) mass is 180 g/mol. The van der Waals surface area contributed by atoms with E-state index in [0.29, 0.717) is 5.92 Å². The number of benzene rings is 1. The minimum atomic E-state index is 0.376. The van der Waals surface area contributed by atoms with Gasteiger partial charge in [-0.3, -0.25) is 0 Å². The third-order valence-corrected chi connectivity index (χ3v) is 2.09. The molecule has 0 radical (unpaired) electrons. The number of para-hydroxylation sites is 1. The average Bonchev–Trinajstić information content (AvgIpc) is 2.18. The van der Waals surface area contributed by atoms with Crippen molar-refractivity contribution >= 4 is 0 Å². The molecule has 0 aromatic heterocycles. The second-order valence-electron chi connectivity index (χ2n) is 3.10. The van der Waals surface area contributed by atoms with Crippen molar-refractivity contribution < 1.29 is 9.47 Å². The Morgan fingerprint density at radius 3 is 2.54 bits per heavy atom. The molecule has 1 aromatic carbocycles. The number of methoxy groups -OCH3 is 2. The van der Waals surface area contributed by atoms with Gasteiger partial charge < -0.3 is 9.47 Å². The van der Waals surface area contributed by atoms with Crippen molar-refractivity contribution in [3.63, 3.8) is 0 Å². The second-order valence-corrected chi connectivity index (χ2v) is 3.10. The van der Waals surface area contributed by atoms with E-state index in [2.05, 4.69) is 13.0 Å². The van der Waals surface area contributed by atoms with E-state index in [1.54, 1.807) is 14.2 Å². The van der Waals surface area contributed by atoms with Crippen LogP contribution >= 0.6 is 0 Å². The Balaban J connectivity index is 2.85. The highest BCUT2D eigenvalue weighted by atomic mass is 16.5. The molecule has 0 heterocycles. The van der Waals surface area contributed by atoms with Gasteiger partial charge in [-0.1, -0.05) is 25.1 Å². The average molecular weight is 180 g/mol. The van der Waals surface area contributed by atoms with E-state index in [0.717, 1.165) is 12.4 Å².